The van der Waals surface area contributed by atoms with Crippen molar-refractivity contribution in [3.05, 3.63) is 28.8 Å². The maximum Gasteiger partial charge on any atom is 0.343 e. The average Bonchev–Trinajstić information content (AvgIpc) is 2.27. The summed E-state index contributed by atoms with van der Waals surface area (Å²) in [6, 6.07) is 4.36. The molecule has 0 radical (unpaired) electrons. The van der Waals surface area contributed by atoms with Crippen LogP contribution in [0.15, 0.2) is 12.1 Å². The largest absolute Gasteiger partial charge is 0.507 e. The SMILES string of the molecule is COC(=O)c1c(O)ccc(CO)c1C#N. The van der Waals surface area contributed by atoms with Gasteiger partial charge in [-0.05, 0) is 11.6 Å². The van der Waals surface area contributed by atoms with Crippen LogP contribution in [0.2, 0.25) is 0 Å². The summed E-state index contributed by atoms with van der Waals surface area (Å²) in [5.41, 5.74) is -0.00778. The Morgan fingerprint density at radius 2 is 2.27 bits per heavy atom. The quantitative estimate of drug-likeness (QED) is 0.691. The van der Waals surface area contributed by atoms with Crippen LogP contribution in [0.1, 0.15) is 21.5 Å². The van der Waals surface area contributed by atoms with Crippen LogP contribution in [0.5, 0.6) is 5.75 Å². The normalized spacial score (nSPS) is 9.40. The Labute approximate surface area is 86.1 Å². The summed E-state index contributed by atoms with van der Waals surface area (Å²) in [6.07, 6.45) is 0. The summed E-state index contributed by atoms with van der Waals surface area (Å²) < 4.78 is 4.43. The number of nitriles is 1. The van der Waals surface area contributed by atoms with Gasteiger partial charge in [0.15, 0.2) is 0 Å². The van der Waals surface area contributed by atoms with E-state index in [0.29, 0.717) is 0 Å². The van der Waals surface area contributed by atoms with Gasteiger partial charge in [0, 0.05) is 0 Å². The first-order valence-electron chi connectivity index (χ1n) is 4.09. The Morgan fingerprint density at radius 3 is 2.73 bits per heavy atom. The fraction of sp³-hybridized carbons (Fsp3) is 0.200. The Hall–Kier alpha value is -2.06. The van der Waals surface area contributed by atoms with Gasteiger partial charge in [0.25, 0.3) is 0 Å². The fourth-order valence-corrected chi connectivity index (χ4v) is 1.20. The summed E-state index contributed by atoms with van der Waals surface area (Å²) in [5.74, 6) is -1.14. The third-order valence-corrected chi connectivity index (χ3v) is 1.94. The first-order chi connectivity index (χ1) is 7.15. The number of carbonyl (C=O) groups excluding carboxylic acids is 1. The third-order valence-electron chi connectivity index (χ3n) is 1.94. The maximum absolute atomic E-state index is 11.3. The number of ether oxygens (including phenoxy) is 1. The molecular formula is C10H9NO4. The summed E-state index contributed by atoms with van der Waals surface area (Å²) in [5, 5.41) is 27.2. The first-order valence-corrected chi connectivity index (χ1v) is 4.09. The molecule has 0 aliphatic carbocycles. The molecule has 0 aliphatic rings. The van der Waals surface area contributed by atoms with Crippen LogP contribution in [0.4, 0.5) is 0 Å². The fourth-order valence-electron chi connectivity index (χ4n) is 1.20. The molecule has 1 aromatic rings. The number of aliphatic hydroxyl groups excluding tert-OH is 1. The van der Waals surface area contributed by atoms with Gasteiger partial charge in [0.05, 0.1) is 19.3 Å². The number of phenolic OH excluding ortho intramolecular Hbond substituents is 1. The van der Waals surface area contributed by atoms with Crippen LogP contribution < -0.4 is 0 Å². The molecule has 2 N–H and O–H groups in total. The van der Waals surface area contributed by atoms with Gasteiger partial charge in [0.2, 0.25) is 0 Å². The Bertz CT molecular complexity index is 434. The van der Waals surface area contributed by atoms with Crippen molar-refractivity contribution >= 4 is 5.97 Å². The third kappa shape index (κ3) is 1.90. The molecule has 5 heteroatoms. The van der Waals surface area contributed by atoms with Crippen LogP contribution >= 0.6 is 0 Å². The van der Waals surface area contributed by atoms with Crippen molar-refractivity contribution in [1.82, 2.24) is 0 Å². The minimum atomic E-state index is -0.806. The summed E-state index contributed by atoms with van der Waals surface area (Å²) in [7, 11) is 1.15. The average molecular weight is 207 g/mol. The highest BCUT2D eigenvalue weighted by Crippen LogP contribution is 2.24. The Kier molecular flexibility index (Phi) is 3.26. The predicted octanol–water partition coefficient (Wildman–Crippen LogP) is 0.543. The van der Waals surface area contributed by atoms with E-state index in [0.717, 1.165) is 7.11 Å². The lowest BCUT2D eigenvalue weighted by molar-refractivity contribution is 0.0597. The van der Waals surface area contributed by atoms with E-state index >= 15 is 0 Å². The van der Waals surface area contributed by atoms with Gasteiger partial charge in [-0.3, -0.25) is 0 Å². The molecular weight excluding hydrogens is 198 g/mol. The van der Waals surface area contributed by atoms with Crippen molar-refractivity contribution in [1.29, 1.82) is 5.26 Å². The van der Waals surface area contributed by atoms with E-state index in [1.165, 1.54) is 12.1 Å². The van der Waals surface area contributed by atoms with Crippen molar-refractivity contribution in [3.8, 4) is 11.8 Å². The second kappa shape index (κ2) is 4.44. The lowest BCUT2D eigenvalue weighted by Gasteiger charge is -2.07. The minimum absolute atomic E-state index is 0.0654. The van der Waals surface area contributed by atoms with Crippen molar-refractivity contribution in [2.45, 2.75) is 6.61 Å². The second-order valence-corrected chi connectivity index (χ2v) is 2.76. The van der Waals surface area contributed by atoms with E-state index in [2.05, 4.69) is 4.74 Å². The number of rotatable bonds is 2. The molecule has 0 aromatic heterocycles. The number of nitrogens with zero attached hydrogens (tertiary/aromatic N) is 1. The van der Waals surface area contributed by atoms with Crippen LogP contribution in [0.25, 0.3) is 0 Å². The van der Waals surface area contributed by atoms with Crippen LogP contribution in [-0.4, -0.2) is 23.3 Å². The van der Waals surface area contributed by atoms with Crippen molar-refractivity contribution < 1.29 is 19.7 Å². The first kappa shape index (κ1) is 11.0. The molecule has 15 heavy (non-hydrogen) atoms. The lowest BCUT2D eigenvalue weighted by atomic mass is 10.0. The highest BCUT2D eigenvalue weighted by Gasteiger charge is 2.19. The van der Waals surface area contributed by atoms with Crippen LogP contribution in [0.3, 0.4) is 0 Å². The predicted molar refractivity (Wildman–Crippen MR) is 50.1 cm³/mol. The highest BCUT2D eigenvalue weighted by molar-refractivity contribution is 5.95. The van der Waals surface area contributed by atoms with Crippen LogP contribution in [-0.2, 0) is 11.3 Å². The van der Waals surface area contributed by atoms with E-state index in [1.807, 2.05) is 0 Å². The monoisotopic (exact) mass is 207 g/mol. The molecule has 0 saturated carbocycles. The van der Waals surface area contributed by atoms with E-state index in [4.69, 9.17) is 10.4 Å². The standard InChI is InChI=1S/C10H9NO4/c1-15-10(14)9-7(4-11)6(5-12)2-3-8(9)13/h2-3,12-13H,5H2,1H3. The van der Waals surface area contributed by atoms with Gasteiger partial charge in [-0.25, -0.2) is 4.79 Å². The van der Waals surface area contributed by atoms with Gasteiger partial charge in [0.1, 0.15) is 17.4 Å². The smallest absolute Gasteiger partial charge is 0.343 e. The Morgan fingerprint density at radius 1 is 1.60 bits per heavy atom. The number of esters is 1. The van der Waals surface area contributed by atoms with E-state index in [-0.39, 0.29) is 29.0 Å². The molecule has 0 unspecified atom stereocenters. The van der Waals surface area contributed by atoms with Gasteiger partial charge in [-0.1, -0.05) is 6.07 Å². The summed E-state index contributed by atoms with van der Waals surface area (Å²) in [4.78, 5) is 11.3. The molecule has 0 aliphatic heterocycles. The molecule has 5 nitrogen and oxygen atoms in total. The van der Waals surface area contributed by atoms with Gasteiger partial charge < -0.3 is 14.9 Å². The molecule has 0 atom stereocenters. The number of aliphatic hydroxyl groups is 1. The number of phenols is 1. The Balaban J connectivity index is 3.47. The van der Waals surface area contributed by atoms with Gasteiger partial charge in [-0.15, -0.1) is 0 Å². The molecule has 1 rings (SSSR count). The number of carbonyl (C=O) groups is 1. The zero-order chi connectivity index (χ0) is 11.4. The van der Waals surface area contributed by atoms with Gasteiger partial charge in [-0.2, -0.15) is 5.26 Å². The summed E-state index contributed by atoms with van der Waals surface area (Å²) in [6.45, 7) is -0.382. The molecule has 0 saturated heterocycles. The number of benzene rings is 1. The zero-order valence-electron chi connectivity index (χ0n) is 8.02. The minimum Gasteiger partial charge on any atom is -0.507 e. The number of methoxy groups -OCH3 is 1. The van der Waals surface area contributed by atoms with E-state index < -0.39 is 5.97 Å². The molecule has 0 heterocycles. The molecule has 0 amide bonds. The number of hydrogen-bond acceptors (Lipinski definition) is 5. The van der Waals surface area contributed by atoms with Crippen molar-refractivity contribution in [3.63, 3.8) is 0 Å². The lowest BCUT2D eigenvalue weighted by Crippen LogP contribution is -2.07. The number of hydrogen-bond donors (Lipinski definition) is 2. The molecule has 0 fully saturated rings. The molecule has 78 valence electrons. The van der Waals surface area contributed by atoms with Crippen molar-refractivity contribution in [2.24, 2.45) is 0 Å². The number of aromatic hydroxyl groups is 1. The highest BCUT2D eigenvalue weighted by atomic mass is 16.5. The summed E-state index contributed by atoms with van der Waals surface area (Å²) >= 11 is 0. The van der Waals surface area contributed by atoms with Crippen LogP contribution in [0, 0.1) is 11.3 Å². The molecule has 0 spiro atoms. The topological polar surface area (TPSA) is 90.6 Å². The maximum atomic E-state index is 11.3. The van der Waals surface area contributed by atoms with Crippen molar-refractivity contribution in [2.75, 3.05) is 7.11 Å². The van der Waals surface area contributed by atoms with E-state index in [1.54, 1.807) is 6.07 Å². The van der Waals surface area contributed by atoms with E-state index in [9.17, 15) is 9.90 Å². The zero-order valence-corrected chi connectivity index (χ0v) is 8.02. The van der Waals surface area contributed by atoms with Gasteiger partial charge >= 0.3 is 5.97 Å². The molecule has 0 bridgehead atoms. The second-order valence-electron chi connectivity index (χ2n) is 2.76. The molecule has 1 aromatic carbocycles.